The van der Waals surface area contributed by atoms with Crippen molar-refractivity contribution in [2.45, 2.75) is 13.3 Å². The van der Waals surface area contributed by atoms with Crippen LogP contribution in [0.25, 0.3) is 0 Å². The van der Waals surface area contributed by atoms with Gasteiger partial charge in [-0.1, -0.05) is 6.92 Å². The topological polar surface area (TPSA) is 86.5 Å². The van der Waals surface area contributed by atoms with Crippen molar-refractivity contribution in [1.82, 2.24) is 0 Å². The summed E-state index contributed by atoms with van der Waals surface area (Å²) in [7, 11) is -3.20. The van der Waals surface area contributed by atoms with Crippen LogP contribution in [0, 0.1) is 5.82 Å². The minimum atomic E-state index is -3.20. The SMILES string of the molecule is CCCS(=O)(=O)CCOC(=O)c1ccc(N)c(F)c1. The monoisotopic (exact) mass is 289 g/mol. The highest BCUT2D eigenvalue weighted by Crippen LogP contribution is 2.12. The predicted molar refractivity (Wildman–Crippen MR) is 70.0 cm³/mol. The maximum atomic E-state index is 13.1. The third-order valence-electron chi connectivity index (χ3n) is 2.38. The number of carbonyl (C=O) groups excluding carboxylic acids is 1. The van der Waals surface area contributed by atoms with Gasteiger partial charge in [-0.15, -0.1) is 0 Å². The molecule has 0 unspecified atom stereocenters. The maximum Gasteiger partial charge on any atom is 0.338 e. The zero-order chi connectivity index (χ0) is 14.5. The molecule has 1 aromatic carbocycles. The average molecular weight is 289 g/mol. The van der Waals surface area contributed by atoms with Crippen LogP contribution in [0.15, 0.2) is 18.2 Å². The standard InChI is InChI=1S/C12H16FNO4S/c1-2-6-19(16,17)7-5-18-12(15)9-3-4-11(14)10(13)8-9/h3-4,8H,2,5-7,14H2,1H3. The summed E-state index contributed by atoms with van der Waals surface area (Å²) in [5.74, 6) is -1.66. The van der Waals surface area contributed by atoms with E-state index in [4.69, 9.17) is 10.5 Å². The van der Waals surface area contributed by atoms with Crippen LogP contribution >= 0.6 is 0 Å². The number of hydrogen-bond donors (Lipinski definition) is 1. The van der Waals surface area contributed by atoms with Crippen LogP contribution in [-0.2, 0) is 14.6 Å². The zero-order valence-corrected chi connectivity index (χ0v) is 11.4. The Bertz CT molecular complexity index is 557. The Morgan fingerprint density at radius 2 is 2.05 bits per heavy atom. The second-order valence-corrected chi connectivity index (χ2v) is 6.33. The maximum absolute atomic E-state index is 13.1. The Balaban J connectivity index is 2.54. The van der Waals surface area contributed by atoms with E-state index < -0.39 is 21.6 Å². The molecule has 19 heavy (non-hydrogen) atoms. The van der Waals surface area contributed by atoms with Crippen molar-refractivity contribution >= 4 is 21.5 Å². The smallest absolute Gasteiger partial charge is 0.338 e. The van der Waals surface area contributed by atoms with Crippen molar-refractivity contribution in [3.63, 3.8) is 0 Å². The molecule has 7 heteroatoms. The van der Waals surface area contributed by atoms with Crippen molar-refractivity contribution < 1.29 is 22.3 Å². The lowest BCUT2D eigenvalue weighted by molar-refractivity contribution is 0.0528. The first-order valence-electron chi connectivity index (χ1n) is 5.78. The van der Waals surface area contributed by atoms with Crippen LogP contribution in [0.2, 0.25) is 0 Å². The molecule has 106 valence electrons. The first-order valence-corrected chi connectivity index (χ1v) is 7.60. The first-order chi connectivity index (χ1) is 8.85. The lowest BCUT2D eigenvalue weighted by Crippen LogP contribution is -2.17. The van der Waals surface area contributed by atoms with E-state index in [1.807, 2.05) is 0 Å². The van der Waals surface area contributed by atoms with Crippen molar-refractivity contribution in [3.05, 3.63) is 29.6 Å². The van der Waals surface area contributed by atoms with E-state index in [0.717, 1.165) is 6.07 Å². The van der Waals surface area contributed by atoms with Crippen LogP contribution in [0.1, 0.15) is 23.7 Å². The summed E-state index contributed by atoms with van der Waals surface area (Å²) in [5, 5.41) is 0. The van der Waals surface area contributed by atoms with Crippen molar-refractivity contribution in [1.29, 1.82) is 0 Å². The Morgan fingerprint density at radius 3 is 2.63 bits per heavy atom. The molecule has 0 aromatic heterocycles. The quantitative estimate of drug-likeness (QED) is 0.631. The van der Waals surface area contributed by atoms with Crippen molar-refractivity contribution in [3.8, 4) is 0 Å². The van der Waals surface area contributed by atoms with Gasteiger partial charge in [0.25, 0.3) is 0 Å². The molecule has 0 saturated heterocycles. The van der Waals surface area contributed by atoms with E-state index in [1.165, 1.54) is 12.1 Å². The highest BCUT2D eigenvalue weighted by atomic mass is 32.2. The minimum Gasteiger partial charge on any atom is -0.461 e. The van der Waals surface area contributed by atoms with Gasteiger partial charge >= 0.3 is 5.97 Å². The number of sulfone groups is 1. The van der Waals surface area contributed by atoms with E-state index in [2.05, 4.69) is 0 Å². The summed E-state index contributed by atoms with van der Waals surface area (Å²) in [6, 6.07) is 3.53. The Morgan fingerprint density at radius 1 is 1.37 bits per heavy atom. The number of hydrogen-bond acceptors (Lipinski definition) is 5. The number of halogens is 1. The fraction of sp³-hybridized carbons (Fsp3) is 0.417. The molecule has 0 bridgehead atoms. The minimum absolute atomic E-state index is 0.000380. The molecule has 2 N–H and O–H groups in total. The van der Waals surface area contributed by atoms with Gasteiger partial charge in [0.05, 0.1) is 22.8 Å². The van der Waals surface area contributed by atoms with E-state index in [9.17, 15) is 17.6 Å². The average Bonchev–Trinajstić information content (AvgIpc) is 2.32. The van der Waals surface area contributed by atoms with Crippen molar-refractivity contribution in [2.24, 2.45) is 0 Å². The van der Waals surface area contributed by atoms with Crippen LogP contribution in [0.5, 0.6) is 0 Å². The molecular weight excluding hydrogens is 273 g/mol. The molecule has 0 heterocycles. The molecule has 0 aliphatic carbocycles. The van der Waals surface area contributed by atoms with Crippen LogP contribution in [0.4, 0.5) is 10.1 Å². The fourth-order valence-corrected chi connectivity index (χ4v) is 2.58. The summed E-state index contributed by atoms with van der Waals surface area (Å²) < 4.78 is 40.7. The number of rotatable bonds is 6. The van der Waals surface area contributed by atoms with Gasteiger partial charge in [-0.25, -0.2) is 17.6 Å². The van der Waals surface area contributed by atoms with Gasteiger partial charge in [0.1, 0.15) is 12.4 Å². The van der Waals surface area contributed by atoms with Gasteiger partial charge in [-0.05, 0) is 24.6 Å². The third-order valence-corrected chi connectivity index (χ3v) is 4.20. The highest BCUT2D eigenvalue weighted by molar-refractivity contribution is 7.91. The second-order valence-electron chi connectivity index (χ2n) is 4.02. The molecule has 0 fully saturated rings. The Hall–Kier alpha value is -1.63. The second kappa shape index (κ2) is 6.51. The number of nitrogens with two attached hydrogens (primary N) is 1. The molecule has 0 saturated carbocycles. The molecule has 0 aliphatic rings. The normalized spacial score (nSPS) is 11.3. The molecule has 1 aromatic rings. The summed E-state index contributed by atoms with van der Waals surface area (Å²) in [5.41, 5.74) is 5.21. The van der Waals surface area contributed by atoms with E-state index in [0.29, 0.717) is 6.42 Å². The van der Waals surface area contributed by atoms with E-state index in [1.54, 1.807) is 6.92 Å². The van der Waals surface area contributed by atoms with Gasteiger partial charge < -0.3 is 10.5 Å². The molecule has 5 nitrogen and oxygen atoms in total. The number of anilines is 1. The van der Waals surface area contributed by atoms with Crippen LogP contribution in [0.3, 0.4) is 0 Å². The van der Waals surface area contributed by atoms with Gasteiger partial charge in [0.15, 0.2) is 9.84 Å². The van der Waals surface area contributed by atoms with Gasteiger partial charge in [0, 0.05) is 0 Å². The number of esters is 1. The Labute approximate surface area is 111 Å². The summed E-state index contributed by atoms with van der Waals surface area (Å²) in [6.07, 6.45) is 0.513. The van der Waals surface area contributed by atoms with Gasteiger partial charge in [-0.2, -0.15) is 0 Å². The molecule has 1 rings (SSSR count). The summed E-state index contributed by atoms with van der Waals surface area (Å²) in [6.45, 7) is 1.51. The largest absolute Gasteiger partial charge is 0.461 e. The first kappa shape index (κ1) is 15.4. The van der Waals surface area contributed by atoms with Crippen LogP contribution < -0.4 is 5.73 Å². The van der Waals surface area contributed by atoms with E-state index >= 15 is 0 Å². The lowest BCUT2D eigenvalue weighted by Gasteiger charge is -2.06. The molecule has 0 radical (unpaired) electrons. The number of carbonyl (C=O) groups is 1. The molecule has 0 spiro atoms. The lowest BCUT2D eigenvalue weighted by atomic mass is 10.2. The highest BCUT2D eigenvalue weighted by Gasteiger charge is 2.13. The summed E-state index contributed by atoms with van der Waals surface area (Å²) in [4.78, 5) is 11.5. The van der Waals surface area contributed by atoms with Crippen molar-refractivity contribution in [2.75, 3.05) is 23.8 Å². The van der Waals surface area contributed by atoms with Gasteiger partial charge in [0.2, 0.25) is 0 Å². The summed E-state index contributed by atoms with van der Waals surface area (Å²) >= 11 is 0. The third kappa shape index (κ3) is 4.86. The fourth-order valence-electron chi connectivity index (χ4n) is 1.41. The molecule has 0 amide bonds. The van der Waals surface area contributed by atoms with Gasteiger partial charge in [-0.3, -0.25) is 0 Å². The number of benzene rings is 1. The van der Waals surface area contributed by atoms with E-state index in [-0.39, 0.29) is 29.4 Å². The molecule has 0 aliphatic heterocycles. The molecular formula is C12H16FNO4S. The number of ether oxygens (including phenoxy) is 1. The zero-order valence-electron chi connectivity index (χ0n) is 10.6. The molecule has 0 atom stereocenters. The number of nitrogen functional groups attached to an aromatic ring is 1. The predicted octanol–water partition coefficient (Wildman–Crippen LogP) is 1.39. The van der Waals surface area contributed by atoms with Crippen LogP contribution in [-0.4, -0.2) is 32.5 Å². The Kier molecular flexibility index (Phi) is 5.29.